The number of para-hydroxylation sites is 1. The highest BCUT2D eigenvalue weighted by molar-refractivity contribution is 6.25. The maximum absolute atomic E-state index is 6.19. The van der Waals surface area contributed by atoms with E-state index in [0.29, 0.717) is 0 Å². The molecule has 2 rings (SSSR count). The molecule has 2 heteroatoms. The van der Waals surface area contributed by atoms with Gasteiger partial charge in [-0.1, -0.05) is 42.0 Å². The van der Waals surface area contributed by atoms with E-state index >= 15 is 0 Å². The van der Waals surface area contributed by atoms with Crippen LogP contribution < -0.4 is 4.74 Å². The SMILES string of the molecule is ClC1(Oc2ccccc2)C=C[CH]C=C1. The van der Waals surface area contributed by atoms with Crippen molar-refractivity contribution in [1.82, 2.24) is 0 Å². The van der Waals surface area contributed by atoms with Gasteiger partial charge in [-0.25, -0.2) is 0 Å². The molecular formula is C12H10ClO. The first kappa shape index (κ1) is 9.35. The number of rotatable bonds is 2. The Balaban J connectivity index is 2.14. The molecule has 1 aliphatic rings. The molecule has 0 unspecified atom stereocenters. The number of ether oxygens (including phenoxy) is 1. The van der Waals surface area contributed by atoms with Crippen LogP contribution in [0.4, 0.5) is 0 Å². The summed E-state index contributed by atoms with van der Waals surface area (Å²) in [4.78, 5) is 0. The van der Waals surface area contributed by atoms with Crippen LogP contribution in [0.25, 0.3) is 0 Å². The molecule has 0 N–H and O–H groups in total. The van der Waals surface area contributed by atoms with Gasteiger partial charge in [0.1, 0.15) is 5.75 Å². The standard InChI is InChI=1S/C12H10ClO/c13-12(9-5-2-6-10-12)14-11-7-3-1-4-8-11/h1-10H. The zero-order valence-electron chi connectivity index (χ0n) is 7.56. The van der Waals surface area contributed by atoms with Crippen LogP contribution in [0, 0.1) is 6.42 Å². The Bertz CT molecular complexity index is 342. The van der Waals surface area contributed by atoms with Crippen LogP contribution in [0.5, 0.6) is 5.75 Å². The molecule has 0 bridgehead atoms. The summed E-state index contributed by atoms with van der Waals surface area (Å²) in [6.07, 6.45) is 9.27. The summed E-state index contributed by atoms with van der Waals surface area (Å²) >= 11 is 6.19. The highest BCUT2D eigenvalue weighted by atomic mass is 35.5. The maximum Gasteiger partial charge on any atom is 0.220 e. The smallest absolute Gasteiger partial charge is 0.220 e. The summed E-state index contributed by atoms with van der Waals surface area (Å²) in [6, 6.07) is 9.53. The first-order valence-corrected chi connectivity index (χ1v) is 4.80. The third kappa shape index (κ3) is 2.18. The second-order valence-corrected chi connectivity index (χ2v) is 3.61. The van der Waals surface area contributed by atoms with Gasteiger partial charge in [0.15, 0.2) is 0 Å². The molecule has 0 saturated heterocycles. The van der Waals surface area contributed by atoms with Gasteiger partial charge in [-0.2, -0.15) is 0 Å². The van der Waals surface area contributed by atoms with E-state index in [1.807, 2.05) is 61.1 Å². The number of alkyl halides is 1. The maximum atomic E-state index is 6.19. The lowest BCUT2D eigenvalue weighted by molar-refractivity contribution is 0.256. The van der Waals surface area contributed by atoms with Crippen molar-refractivity contribution in [2.45, 2.75) is 5.06 Å². The molecule has 0 fully saturated rings. The van der Waals surface area contributed by atoms with Crippen LogP contribution in [0.1, 0.15) is 0 Å². The molecule has 0 atom stereocenters. The number of hydrogen-bond acceptors (Lipinski definition) is 1. The number of allylic oxidation sites excluding steroid dienone is 2. The highest BCUT2D eigenvalue weighted by Gasteiger charge is 2.23. The molecule has 1 aromatic rings. The van der Waals surface area contributed by atoms with E-state index in [1.54, 1.807) is 0 Å². The van der Waals surface area contributed by atoms with E-state index < -0.39 is 5.06 Å². The third-order valence-corrected chi connectivity index (χ3v) is 2.22. The van der Waals surface area contributed by atoms with Crippen LogP contribution in [0.15, 0.2) is 54.6 Å². The van der Waals surface area contributed by atoms with Crippen molar-refractivity contribution in [3.05, 3.63) is 61.1 Å². The van der Waals surface area contributed by atoms with Gasteiger partial charge >= 0.3 is 0 Å². The van der Waals surface area contributed by atoms with E-state index in [9.17, 15) is 0 Å². The van der Waals surface area contributed by atoms with Crippen molar-refractivity contribution in [3.63, 3.8) is 0 Å². The monoisotopic (exact) mass is 205 g/mol. The molecule has 14 heavy (non-hydrogen) atoms. The molecular weight excluding hydrogens is 196 g/mol. The molecule has 1 aromatic carbocycles. The highest BCUT2D eigenvalue weighted by Crippen LogP contribution is 2.27. The minimum atomic E-state index is -0.837. The average molecular weight is 206 g/mol. The predicted molar refractivity (Wildman–Crippen MR) is 58.2 cm³/mol. The lowest BCUT2D eigenvalue weighted by Crippen LogP contribution is -2.24. The van der Waals surface area contributed by atoms with Gasteiger partial charge < -0.3 is 4.74 Å². The van der Waals surface area contributed by atoms with E-state index in [1.165, 1.54) is 0 Å². The fourth-order valence-corrected chi connectivity index (χ4v) is 1.47. The molecule has 1 nitrogen and oxygen atoms in total. The molecule has 0 aliphatic heterocycles. The third-order valence-electron chi connectivity index (χ3n) is 1.89. The van der Waals surface area contributed by atoms with Gasteiger partial charge in [-0.15, -0.1) is 0 Å². The minimum Gasteiger partial charge on any atom is -0.465 e. The Morgan fingerprint density at radius 2 is 1.64 bits per heavy atom. The van der Waals surface area contributed by atoms with E-state index in [4.69, 9.17) is 16.3 Å². The predicted octanol–water partition coefficient (Wildman–Crippen LogP) is 3.33. The van der Waals surface area contributed by atoms with Crippen molar-refractivity contribution in [3.8, 4) is 5.75 Å². The fraction of sp³-hybridized carbons (Fsp3) is 0.0833. The van der Waals surface area contributed by atoms with Crippen LogP contribution in [-0.4, -0.2) is 5.06 Å². The molecule has 71 valence electrons. The van der Waals surface area contributed by atoms with E-state index in [-0.39, 0.29) is 0 Å². The van der Waals surface area contributed by atoms with Gasteiger partial charge in [0.2, 0.25) is 5.06 Å². The van der Waals surface area contributed by atoms with Crippen molar-refractivity contribution in [1.29, 1.82) is 0 Å². The fourth-order valence-electron chi connectivity index (χ4n) is 1.23. The second kappa shape index (κ2) is 3.89. The van der Waals surface area contributed by atoms with Crippen molar-refractivity contribution in [2.24, 2.45) is 0 Å². The van der Waals surface area contributed by atoms with Crippen molar-refractivity contribution in [2.75, 3.05) is 0 Å². The van der Waals surface area contributed by atoms with Gasteiger partial charge in [-0.3, -0.25) is 0 Å². The van der Waals surface area contributed by atoms with Gasteiger partial charge in [0.05, 0.1) is 0 Å². The molecule has 0 saturated carbocycles. The summed E-state index contributed by atoms with van der Waals surface area (Å²) in [6.45, 7) is 0. The Labute approximate surface area is 88.7 Å². The Morgan fingerprint density at radius 3 is 2.29 bits per heavy atom. The Hall–Kier alpha value is -1.21. The molecule has 0 spiro atoms. The largest absolute Gasteiger partial charge is 0.465 e. The summed E-state index contributed by atoms with van der Waals surface area (Å²) < 4.78 is 5.61. The Morgan fingerprint density at radius 1 is 1.00 bits per heavy atom. The Kier molecular flexibility index (Phi) is 2.60. The van der Waals surface area contributed by atoms with Gasteiger partial charge in [0, 0.05) is 6.42 Å². The summed E-state index contributed by atoms with van der Waals surface area (Å²) in [7, 11) is 0. The van der Waals surface area contributed by atoms with Crippen molar-refractivity contribution >= 4 is 11.6 Å². The number of halogens is 1. The minimum absolute atomic E-state index is 0.763. The lowest BCUT2D eigenvalue weighted by atomic mass is 10.1. The first-order chi connectivity index (χ1) is 6.79. The zero-order valence-corrected chi connectivity index (χ0v) is 8.32. The lowest BCUT2D eigenvalue weighted by Gasteiger charge is -2.23. The molecule has 0 amide bonds. The summed E-state index contributed by atoms with van der Waals surface area (Å²) in [5.41, 5.74) is 0. The van der Waals surface area contributed by atoms with E-state index in [2.05, 4.69) is 0 Å². The molecule has 0 aromatic heterocycles. The average Bonchev–Trinajstić information content (AvgIpc) is 2.19. The van der Waals surface area contributed by atoms with Crippen LogP contribution >= 0.6 is 11.6 Å². The normalized spacial score (nSPS) is 18.1. The topological polar surface area (TPSA) is 9.23 Å². The van der Waals surface area contributed by atoms with Gasteiger partial charge in [0.25, 0.3) is 0 Å². The number of benzene rings is 1. The molecule has 1 aliphatic carbocycles. The van der Waals surface area contributed by atoms with Crippen LogP contribution in [0.2, 0.25) is 0 Å². The van der Waals surface area contributed by atoms with Crippen molar-refractivity contribution < 1.29 is 4.74 Å². The van der Waals surface area contributed by atoms with Gasteiger partial charge in [-0.05, 0) is 24.3 Å². The van der Waals surface area contributed by atoms with E-state index in [0.717, 1.165) is 5.75 Å². The number of hydrogen-bond donors (Lipinski definition) is 0. The second-order valence-electron chi connectivity index (χ2n) is 3.02. The molecule has 1 radical (unpaired) electrons. The molecule has 0 heterocycles. The van der Waals surface area contributed by atoms with Crippen LogP contribution in [-0.2, 0) is 0 Å². The van der Waals surface area contributed by atoms with Crippen LogP contribution in [0.3, 0.4) is 0 Å². The summed E-state index contributed by atoms with van der Waals surface area (Å²) in [5.74, 6) is 0.763. The quantitative estimate of drug-likeness (QED) is 0.673. The first-order valence-electron chi connectivity index (χ1n) is 4.42. The zero-order chi connectivity index (χ0) is 9.86. The summed E-state index contributed by atoms with van der Waals surface area (Å²) in [5, 5.41) is -0.837.